The minimum atomic E-state index is -1.18. The van der Waals surface area contributed by atoms with Crippen LogP contribution >= 0.6 is 11.8 Å². The Morgan fingerprint density at radius 1 is 1.45 bits per heavy atom. The molecule has 0 aliphatic heterocycles. The van der Waals surface area contributed by atoms with Crippen LogP contribution in [0.25, 0.3) is 21.9 Å². The van der Waals surface area contributed by atoms with Crippen molar-refractivity contribution in [3.63, 3.8) is 0 Å². The Morgan fingerprint density at radius 2 is 2.18 bits per heavy atom. The first-order valence-corrected chi connectivity index (χ1v) is 7.79. The van der Waals surface area contributed by atoms with Gasteiger partial charge in [-0.2, -0.15) is 0 Å². The summed E-state index contributed by atoms with van der Waals surface area (Å²) in [6.07, 6.45) is 0. The molecule has 0 aliphatic carbocycles. The third-order valence-electron chi connectivity index (χ3n) is 3.51. The monoisotopic (exact) mass is 316 g/mol. The van der Waals surface area contributed by atoms with Crippen LogP contribution in [0.3, 0.4) is 0 Å². The third-order valence-corrected chi connectivity index (χ3v) is 4.57. The number of carbonyl (C=O) groups is 1. The van der Waals surface area contributed by atoms with Gasteiger partial charge in [-0.1, -0.05) is 30.0 Å². The zero-order valence-corrected chi connectivity index (χ0v) is 12.9. The van der Waals surface area contributed by atoms with E-state index in [9.17, 15) is 14.7 Å². The molecule has 1 atom stereocenters. The van der Waals surface area contributed by atoms with Crippen molar-refractivity contribution < 1.29 is 9.90 Å². The quantitative estimate of drug-likeness (QED) is 0.575. The molecule has 1 aromatic carbocycles. The number of carboxylic acids is 1. The van der Waals surface area contributed by atoms with Gasteiger partial charge in [0.15, 0.2) is 5.16 Å². The number of aliphatic carboxylic acids is 1. The van der Waals surface area contributed by atoms with Crippen LogP contribution in [0.2, 0.25) is 0 Å². The van der Waals surface area contributed by atoms with E-state index in [1.165, 1.54) is 11.5 Å². The number of aromatic amines is 1. The molecule has 114 valence electrons. The fourth-order valence-electron chi connectivity index (χ4n) is 2.35. The molecule has 1 N–H and O–H groups in total. The lowest BCUT2D eigenvalue weighted by Crippen LogP contribution is -2.32. The number of aromatic nitrogens is 3. The second kappa shape index (κ2) is 5.49. The van der Waals surface area contributed by atoms with Crippen LogP contribution < -0.4 is 10.7 Å². The molecule has 0 amide bonds. The number of nitrogens with one attached hydrogen (secondary N) is 1. The number of nitrogens with zero attached hydrogens (tertiary/aromatic N) is 2. The summed E-state index contributed by atoms with van der Waals surface area (Å²) in [5, 5.41) is 11.4. The number of carboxylic acid groups (broad SMARTS) is 1. The molecule has 3 aromatic rings. The molecule has 0 spiro atoms. The van der Waals surface area contributed by atoms with Crippen LogP contribution in [0.15, 0.2) is 34.2 Å². The molecule has 3 rings (SSSR count). The summed E-state index contributed by atoms with van der Waals surface area (Å²) >= 11 is 1.02. The van der Waals surface area contributed by atoms with E-state index in [0.717, 1.165) is 22.7 Å². The third kappa shape index (κ3) is 2.27. The van der Waals surface area contributed by atoms with Gasteiger partial charge in [-0.05, 0) is 19.9 Å². The molecule has 0 bridgehead atoms. The standard InChI is InChI=1S/C15H15N3O3S/c1-3-18-13(19)12-11(9-6-4-5-7-10(9)16-12)17-15(18)22-8(2)14(20)21/h4-8,16H,3H2,1-2H3,(H,20,21)/p-1/t8-/m0/s1. The van der Waals surface area contributed by atoms with Crippen LogP contribution in [0.4, 0.5) is 0 Å². The number of carbonyl (C=O) groups excluding carboxylic acids is 1. The smallest absolute Gasteiger partial charge is 0.278 e. The zero-order valence-electron chi connectivity index (χ0n) is 12.1. The first kappa shape index (κ1) is 14.6. The summed E-state index contributed by atoms with van der Waals surface area (Å²) in [5.74, 6) is -1.18. The van der Waals surface area contributed by atoms with E-state index in [2.05, 4.69) is 9.97 Å². The van der Waals surface area contributed by atoms with Crippen molar-refractivity contribution in [2.75, 3.05) is 0 Å². The molecule has 0 saturated carbocycles. The Balaban J connectivity index is 2.29. The van der Waals surface area contributed by atoms with E-state index in [4.69, 9.17) is 0 Å². The molecule has 22 heavy (non-hydrogen) atoms. The largest absolute Gasteiger partial charge is 0.549 e. The van der Waals surface area contributed by atoms with Crippen molar-refractivity contribution >= 4 is 39.7 Å². The topological polar surface area (TPSA) is 90.8 Å². The van der Waals surface area contributed by atoms with Gasteiger partial charge in [0.25, 0.3) is 5.56 Å². The normalized spacial score (nSPS) is 12.8. The van der Waals surface area contributed by atoms with Gasteiger partial charge in [-0.3, -0.25) is 9.36 Å². The number of rotatable bonds is 4. The summed E-state index contributed by atoms with van der Waals surface area (Å²) in [4.78, 5) is 31.2. The van der Waals surface area contributed by atoms with Crippen LogP contribution in [-0.4, -0.2) is 25.8 Å². The molecule has 2 heterocycles. The molecular weight excluding hydrogens is 302 g/mol. The van der Waals surface area contributed by atoms with Gasteiger partial charge in [-0.15, -0.1) is 0 Å². The van der Waals surface area contributed by atoms with E-state index in [-0.39, 0.29) is 5.56 Å². The van der Waals surface area contributed by atoms with Crippen molar-refractivity contribution in [2.45, 2.75) is 30.8 Å². The maximum absolute atomic E-state index is 12.6. The molecule has 0 saturated heterocycles. The van der Waals surface area contributed by atoms with E-state index < -0.39 is 11.2 Å². The van der Waals surface area contributed by atoms with Gasteiger partial charge in [0.1, 0.15) is 11.0 Å². The average molecular weight is 316 g/mol. The second-order valence-electron chi connectivity index (χ2n) is 4.92. The highest BCUT2D eigenvalue weighted by molar-refractivity contribution is 8.00. The maximum Gasteiger partial charge on any atom is 0.278 e. The first-order chi connectivity index (χ1) is 10.5. The summed E-state index contributed by atoms with van der Waals surface area (Å²) < 4.78 is 1.47. The van der Waals surface area contributed by atoms with Gasteiger partial charge < -0.3 is 14.9 Å². The fraction of sp³-hybridized carbons (Fsp3) is 0.267. The number of benzene rings is 1. The van der Waals surface area contributed by atoms with Crippen molar-refractivity contribution in [1.29, 1.82) is 0 Å². The van der Waals surface area contributed by atoms with E-state index in [1.807, 2.05) is 31.2 Å². The van der Waals surface area contributed by atoms with Crippen molar-refractivity contribution in [3.05, 3.63) is 34.6 Å². The summed E-state index contributed by atoms with van der Waals surface area (Å²) in [5.41, 5.74) is 1.64. The first-order valence-electron chi connectivity index (χ1n) is 6.91. The van der Waals surface area contributed by atoms with E-state index in [0.29, 0.717) is 22.7 Å². The second-order valence-corrected chi connectivity index (χ2v) is 6.23. The van der Waals surface area contributed by atoms with Gasteiger partial charge in [-0.25, -0.2) is 4.98 Å². The zero-order chi connectivity index (χ0) is 15.9. The predicted molar refractivity (Wildman–Crippen MR) is 83.9 cm³/mol. The Hall–Kier alpha value is -2.28. The number of hydrogen-bond acceptors (Lipinski definition) is 5. The molecule has 6 nitrogen and oxygen atoms in total. The highest BCUT2D eigenvalue weighted by Crippen LogP contribution is 2.26. The van der Waals surface area contributed by atoms with Gasteiger partial charge in [0, 0.05) is 22.7 Å². The molecule has 0 fully saturated rings. The minimum Gasteiger partial charge on any atom is -0.549 e. The minimum absolute atomic E-state index is 0.197. The molecule has 2 aromatic heterocycles. The lowest BCUT2D eigenvalue weighted by molar-refractivity contribution is -0.304. The highest BCUT2D eigenvalue weighted by atomic mass is 32.2. The number of thioether (sulfide) groups is 1. The van der Waals surface area contributed by atoms with Gasteiger partial charge in [0.05, 0.1) is 5.97 Å². The predicted octanol–water partition coefficient (Wildman–Crippen LogP) is 1.13. The number of H-pyrrole nitrogens is 1. The SMILES string of the molecule is CCn1c(S[C@@H](C)C(=O)[O-])nc2c([nH]c3ccccc32)c1=O. The number of hydrogen-bond donors (Lipinski definition) is 1. The lowest BCUT2D eigenvalue weighted by Gasteiger charge is -2.15. The molecule has 0 aliphatic rings. The van der Waals surface area contributed by atoms with Gasteiger partial charge >= 0.3 is 0 Å². The van der Waals surface area contributed by atoms with Crippen LogP contribution in [0, 0.1) is 0 Å². The van der Waals surface area contributed by atoms with Crippen molar-refractivity contribution in [1.82, 2.24) is 14.5 Å². The maximum atomic E-state index is 12.6. The van der Waals surface area contributed by atoms with Crippen LogP contribution in [0.5, 0.6) is 0 Å². The Labute approximate surface area is 130 Å². The average Bonchev–Trinajstić information content (AvgIpc) is 2.87. The molecule has 0 unspecified atom stereocenters. The Kier molecular flexibility index (Phi) is 3.66. The summed E-state index contributed by atoms with van der Waals surface area (Å²) in [6.45, 7) is 3.76. The van der Waals surface area contributed by atoms with Crippen LogP contribution in [-0.2, 0) is 11.3 Å². The van der Waals surface area contributed by atoms with Gasteiger partial charge in [0.2, 0.25) is 0 Å². The lowest BCUT2D eigenvalue weighted by atomic mass is 10.2. The van der Waals surface area contributed by atoms with Crippen molar-refractivity contribution in [3.8, 4) is 0 Å². The number of fused-ring (bicyclic) bond motifs is 3. The molecular formula is C15H14N3O3S-. The summed E-state index contributed by atoms with van der Waals surface area (Å²) in [7, 11) is 0. The van der Waals surface area contributed by atoms with Crippen molar-refractivity contribution in [2.24, 2.45) is 0 Å². The van der Waals surface area contributed by atoms with E-state index >= 15 is 0 Å². The summed E-state index contributed by atoms with van der Waals surface area (Å²) in [6, 6.07) is 7.51. The Morgan fingerprint density at radius 3 is 2.86 bits per heavy atom. The highest BCUT2D eigenvalue weighted by Gasteiger charge is 2.17. The van der Waals surface area contributed by atoms with E-state index in [1.54, 1.807) is 0 Å². The molecule has 7 heteroatoms. The van der Waals surface area contributed by atoms with Crippen LogP contribution in [0.1, 0.15) is 13.8 Å². The number of para-hydroxylation sites is 1. The fourth-order valence-corrected chi connectivity index (χ4v) is 3.25. The molecule has 0 radical (unpaired) electrons. The Bertz CT molecular complexity index is 929.